The molecule has 2 fully saturated rings. The van der Waals surface area contributed by atoms with Crippen LogP contribution in [0.25, 0.3) is 0 Å². The fourth-order valence-corrected chi connectivity index (χ4v) is 3.22. The van der Waals surface area contributed by atoms with Crippen LogP contribution in [0.15, 0.2) is 18.2 Å². The quantitative estimate of drug-likeness (QED) is 0.820. The molecule has 114 valence electrons. The highest BCUT2D eigenvalue weighted by molar-refractivity contribution is 5.92. The number of rotatable bonds is 3. The van der Waals surface area contributed by atoms with Gasteiger partial charge in [-0.2, -0.15) is 0 Å². The molecule has 1 amide bonds. The number of carbonyl (C=O) groups excluding carboxylic acids is 1. The van der Waals surface area contributed by atoms with E-state index in [9.17, 15) is 9.18 Å². The molecular weight excluding hydrogens is 271 g/mol. The smallest absolute Gasteiger partial charge is 0.238 e. The SMILES string of the molecule is Nc1cc(NC(=O)CN2CCN3CCCC3C2)ccc1F. The van der Waals surface area contributed by atoms with Gasteiger partial charge in [0.05, 0.1) is 12.2 Å². The maximum Gasteiger partial charge on any atom is 0.238 e. The van der Waals surface area contributed by atoms with Gasteiger partial charge in [-0.1, -0.05) is 0 Å². The first-order chi connectivity index (χ1) is 10.1. The monoisotopic (exact) mass is 292 g/mol. The van der Waals surface area contributed by atoms with Gasteiger partial charge in [0.2, 0.25) is 5.91 Å². The van der Waals surface area contributed by atoms with Crippen molar-refractivity contribution in [3.8, 4) is 0 Å². The van der Waals surface area contributed by atoms with Gasteiger partial charge in [0, 0.05) is 31.4 Å². The lowest BCUT2D eigenvalue weighted by Crippen LogP contribution is -2.51. The summed E-state index contributed by atoms with van der Waals surface area (Å²) in [4.78, 5) is 16.8. The van der Waals surface area contributed by atoms with Crippen molar-refractivity contribution in [1.29, 1.82) is 0 Å². The van der Waals surface area contributed by atoms with Crippen molar-refractivity contribution >= 4 is 17.3 Å². The number of nitrogens with two attached hydrogens (primary N) is 1. The van der Waals surface area contributed by atoms with Gasteiger partial charge in [0.25, 0.3) is 0 Å². The molecule has 0 aliphatic carbocycles. The highest BCUT2D eigenvalue weighted by Gasteiger charge is 2.30. The largest absolute Gasteiger partial charge is 0.396 e. The topological polar surface area (TPSA) is 61.6 Å². The van der Waals surface area contributed by atoms with E-state index < -0.39 is 5.82 Å². The molecule has 0 radical (unpaired) electrons. The second-order valence-corrected chi connectivity index (χ2v) is 5.85. The Morgan fingerprint density at radius 2 is 2.24 bits per heavy atom. The summed E-state index contributed by atoms with van der Waals surface area (Å²) in [5.41, 5.74) is 6.09. The van der Waals surface area contributed by atoms with E-state index in [4.69, 9.17) is 5.73 Å². The van der Waals surface area contributed by atoms with Crippen molar-refractivity contribution < 1.29 is 9.18 Å². The summed E-state index contributed by atoms with van der Waals surface area (Å²) in [5.74, 6) is -0.544. The number of amides is 1. The molecule has 0 saturated carbocycles. The normalized spacial score (nSPS) is 23.0. The number of anilines is 2. The summed E-state index contributed by atoms with van der Waals surface area (Å²) in [7, 11) is 0. The van der Waals surface area contributed by atoms with Gasteiger partial charge in [-0.3, -0.25) is 14.6 Å². The molecule has 0 aromatic heterocycles. The Kier molecular flexibility index (Phi) is 4.07. The summed E-state index contributed by atoms with van der Waals surface area (Å²) in [6.45, 7) is 4.50. The lowest BCUT2D eigenvalue weighted by Gasteiger charge is -2.37. The van der Waals surface area contributed by atoms with Crippen molar-refractivity contribution in [3.05, 3.63) is 24.0 Å². The van der Waals surface area contributed by atoms with Crippen molar-refractivity contribution in [1.82, 2.24) is 9.80 Å². The highest BCUT2D eigenvalue weighted by Crippen LogP contribution is 2.21. The molecule has 1 aromatic rings. The van der Waals surface area contributed by atoms with E-state index >= 15 is 0 Å². The minimum Gasteiger partial charge on any atom is -0.396 e. The van der Waals surface area contributed by atoms with Crippen molar-refractivity contribution in [3.63, 3.8) is 0 Å². The zero-order chi connectivity index (χ0) is 14.8. The summed E-state index contributed by atoms with van der Waals surface area (Å²) in [6, 6.07) is 4.84. The Morgan fingerprint density at radius 1 is 1.38 bits per heavy atom. The average molecular weight is 292 g/mol. The zero-order valence-corrected chi connectivity index (χ0v) is 12.0. The summed E-state index contributed by atoms with van der Waals surface area (Å²) in [5, 5.41) is 2.78. The predicted octanol–water partition coefficient (Wildman–Crippen LogP) is 1.13. The molecule has 0 spiro atoms. The first-order valence-corrected chi connectivity index (χ1v) is 7.43. The van der Waals surface area contributed by atoms with Crippen molar-refractivity contribution in [2.24, 2.45) is 0 Å². The van der Waals surface area contributed by atoms with E-state index in [1.54, 1.807) is 0 Å². The molecule has 3 N–H and O–H groups in total. The number of nitrogen functional groups attached to an aromatic ring is 1. The van der Waals surface area contributed by atoms with E-state index in [0.717, 1.165) is 19.6 Å². The molecule has 0 bridgehead atoms. The number of carbonyl (C=O) groups is 1. The molecular formula is C15H21FN4O. The van der Waals surface area contributed by atoms with Crippen LogP contribution in [0.1, 0.15) is 12.8 Å². The van der Waals surface area contributed by atoms with E-state index in [1.807, 2.05) is 0 Å². The molecule has 2 saturated heterocycles. The first-order valence-electron chi connectivity index (χ1n) is 7.43. The number of benzene rings is 1. The molecule has 3 rings (SSSR count). The van der Waals surface area contributed by atoms with Crippen LogP contribution in [0.2, 0.25) is 0 Å². The summed E-state index contributed by atoms with van der Waals surface area (Å²) in [6.07, 6.45) is 2.49. The number of halogens is 1. The van der Waals surface area contributed by atoms with Crippen LogP contribution in [0.3, 0.4) is 0 Å². The lowest BCUT2D eigenvalue weighted by atomic mass is 10.1. The van der Waals surface area contributed by atoms with Gasteiger partial charge in [-0.15, -0.1) is 0 Å². The Morgan fingerprint density at radius 3 is 3.05 bits per heavy atom. The Labute approximate surface area is 123 Å². The molecule has 1 unspecified atom stereocenters. The minimum atomic E-state index is -0.467. The lowest BCUT2D eigenvalue weighted by molar-refractivity contribution is -0.117. The number of hydrogen-bond donors (Lipinski definition) is 2. The van der Waals surface area contributed by atoms with Crippen molar-refractivity contribution in [2.45, 2.75) is 18.9 Å². The maximum atomic E-state index is 13.1. The van der Waals surface area contributed by atoms with E-state index in [2.05, 4.69) is 15.1 Å². The number of piperazine rings is 1. The van der Waals surface area contributed by atoms with Crippen molar-refractivity contribution in [2.75, 3.05) is 43.8 Å². The van der Waals surface area contributed by atoms with Gasteiger partial charge < -0.3 is 11.1 Å². The summed E-state index contributed by atoms with van der Waals surface area (Å²) >= 11 is 0. The van der Waals surface area contributed by atoms with Crippen LogP contribution in [0, 0.1) is 5.82 Å². The molecule has 2 heterocycles. The third kappa shape index (κ3) is 3.33. The van der Waals surface area contributed by atoms with E-state index in [1.165, 1.54) is 37.6 Å². The van der Waals surface area contributed by atoms with Crippen LogP contribution >= 0.6 is 0 Å². The van der Waals surface area contributed by atoms with E-state index in [-0.39, 0.29) is 11.6 Å². The summed E-state index contributed by atoms with van der Waals surface area (Å²) < 4.78 is 13.1. The number of nitrogens with zero attached hydrogens (tertiary/aromatic N) is 2. The fourth-order valence-electron chi connectivity index (χ4n) is 3.22. The van der Waals surface area contributed by atoms with Crippen LogP contribution < -0.4 is 11.1 Å². The van der Waals surface area contributed by atoms with Crippen LogP contribution in [-0.2, 0) is 4.79 Å². The highest BCUT2D eigenvalue weighted by atomic mass is 19.1. The Balaban J connectivity index is 1.53. The van der Waals surface area contributed by atoms with Crippen LogP contribution in [0.4, 0.5) is 15.8 Å². The predicted molar refractivity (Wildman–Crippen MR) is 80.5 cm³/mol. The molecule has 1 atom stereocenters. The third-order valence-electron chi connectivity index (χ3n) is 4.32. The van der Waals surface area contributed by atoms with Gasteiger partial charge in [-0.05, 0) is 37.6 Å². The molecule has 21 heavy (non-hydrogen) atoms. The van der Waals surface area contributed by atoms with Crippen LogP contribution in [-0.4, -0.2) is 54.5 Å². The molecule has 1 aromatic carbocycles. The van der Waals surface area contributed by atoms with Gasteiger partial charge in [0.1, 0.15) is 5.82 Å². The number of fused-ring (bicyclic) bond motifs is 1. The standard InChI is InChI=1S/C15H21FN4O/c16-13-4-3-11(8-14(13)17)18-15(21)10-19-6-7-20-5-1-2-12(20)9-19/h3-4,8,12H,1-2,5-7,9-10,17H2,(H,18,21). The molecule has 2 aliphatic rings. The molecule has 6 heteroatoms. The second-order valence-electron chi connectivity index (χ2n) is 5.85. The third-order valence-corrected chi connectivity index (χ3v) is 4.32. The average Bonchev–Trinajstić information content (AvgIpc) is 2.90. The number of hydrogen-bond acceptors (Lipinski definition) is 4. The zero-order valence-electron chi connectivity index (χ0n) is 12.0. The van der Waals surface area contributed by atoms with E-state index in [0.29, 0.717) is 18.3 Å². The number of nitrogens with one attached hydrogen (secondary N) is 1. The molecule has 2 aliphatic heterocycles. The van der Waals surface area contributed by atoms with Gasteiger partial charge >= 0.3 is 0 Å². The molecule has 5 nitrogen and oxygen atoms in total. The van der Waals surface area contributed by atoms with Gasteiger partial charge in [0.15, 0.2) is 0 Å². The minimum absolute atomic E-state index is 0.0485. The second kappa shape index (κ2) is 5.99. The van der Waals surface area contributed by atoms with Crippen LogP contribution in [0.5, 0.6) is 0 Å². The maximum absolute atomic E-state index is 13.1. The van der Waals surface area contributed by atoms with Gasteiger partial charge in [-0.25, -0.2) is 4.39 Å². The Hall–Kier alpha value is -1.66. The Bertz CT molecular complexity index is 536. The fraction of sp³-hybridized carbons (Fsp3) is 0.533. The first kappa shape index (κ1) is 14.3.